The van der Waals surface area contributed by atoms with Crippen molar-refractivity contribution in [1.29, 1.82) is 0 Å². The van der Waals surface area contributed by atoms with Crippen LogP contribution in [-0.4, -0.2) is 44.0 Å². The number of para-hydroxylation sites is 1. The van der Waals surface area contributed by atoms with Gasteiger partial charge in [-0.25, -0.2) is 4.79 Å². The van der Waals surface area contributed by atoms with Gasteiger partial charge in [0.1, 0.15) is 23.8 Å². The second kappa shape index (κ2) is 14.3. The van der Waals surface area contributed by atoms with E-state index in [0.29, 0.717) is 40.6 Å². The van der Waals surface area contributed by atoms with E-state index in [0.717, 1.165) is 12.1 Å². The lowest BCUT2D eigenvalue weighted by Gasteiger charge is -2.20. The molecule has 1 amide bonds. The molecule has 11 heteroatoms. The number of alkyl halides is 3. The first-order valence-corrected chi connectivity index (χ1v) is 12.3. The molecule has 0 spiro atoms. The fraction of sp³-hybridized carbons (Fsp3) is 0.200. The van der Waals surface area contributed by atoms with Crippen LogP contribution in [0.3, 0.4) is 0 Å². The van der Waals surface area contributed by atoms with Gasteiger partial charge in [-0.3, -0.25) is 4.90 Å². The first kappa shape index (κ1) is 30.4. The Morgan fingerprint density at radius 2 is 1.66 bits per heavy atom. The molecule has 3 aromatic rings. The zero-order valence-electron chi connectivity index (χ0n) is 22.6. The monoisotopic (exact) mass is 564 g/mol. The Morgan fingerprint density at radius 3 is 2.24 bits per heavy atom. The van der Waals surface area contributed by atoms with Crippen molar-refractivity contribution in [3.8, 4) is 23.8 Å². The van der Waals surface area contributed by atoms with E-state index in [1.165, 1.54) is 30.4 Å². The highest BCUT2D eigenvalue weighted by atomic mass is 19.4. The molecule has 8 nitrogen and oxygen atoms in total. The summed E-state index contributed by atoms with van der Waals surface area (Å²) >= 11 is 0. The lowest BCUT2D eigenvalue weighted by molar-refractivity contribution is -0.137. The molecule has 0 heterocycles. The summed E-state index contributed by atoms with van der Waals surface area (Å²) in [4.78, 5) is 18.8. The Labute approximate surface area is 235 Å². The SMILES string of the molecule is C#CCN(C(=O)OC)c1ccccc1C=NN=C(C)C(=NOCC)c1ccc(Oc2ccc(C(F)(F)F)cc2)cc1. The molecule has 0 bridgehead atoms. The maximum absolute atomic E-state index is 12.8. The van der Waals surface area contributed by atoms with Crippen LogP contribution < -0.4 is 9.64 Å². The number of carbonyl (C=O) groups is 1. The second-order valence-corrected chi connectivity index (χ2v) is 8.26. The molecule has 0 aliphatic rings. The fourth-order valence-electron chi connectivity index (χ4n) is 3.50. The number of ether oxygens (including phenoxy) is 2. The Bertz CT molecular complexity index is 1460. The van der Waals surface area contributed by atoms with Crippen molar-refractivity contribution in [3.63, 3.8) is 0 Å². The minimum atomic E-state index is -4.42. The van der Waals surface area contributed by atoms with E-state index in [9.17, 15) is 18.0 Å². The van der Waals surface area contributed by atoms with Crippen molar-refractivity contribution in [2.75, 3.05) is 25.2 Å². The predicted molar refractivity (Wildman–Crippen MR) is 152 cm³/mol. The van der Waals surface area contributed by atoms with Gasteiger partial charge in [0.25, 0.3) is 0 Å². The van der Waals surface area contributed by atoms with Crippen LogP contribution in [0.2, 0.25) is 0 Å². The highest BCUT2D eigenvalue weighted by Crippen LogP contribution is 2.31. The molecular formula is C30H27F3N4O4. The lowest BCUT2D eigenvalue weighted by atomic mass is 10.1. The third kappa shape index (κ3) is 8.44. The van der Waals surface area contributed by atoms with Crippen molar-refractivity contribution in [2.45, 2.75) is 20.0 Å². The van der Waals surface area contributed by atoms with E-state index in [2.05, 4.69) is 21.3 Å². The number of benzene rings is 3. The Morgan fingerprint density at radius 1 is 1.02 bits per heavy atom. The minimum Gasteiger partial charge on any atom is -0.457 e. The van der Waals surface area contributed by atoms with Crippen LogP contribution in [0.1, 0.15) is 30.5 Å². The zero-order valence-corrected chi connectivity index (χ0v) is 22.6. The van der Waals surface area contributed by atoms with Gasteiger partial charge in [0.2, 0.25) is 0 Å². The first-order valence-electron chi connectivity index (χ1n) is 12.3. The standard InChI is InChI=1S/C30H27F3N4O4/c1-5-19-37(29(38)39-4)27-10-8-7-9-23(27)20-34-35-21(3)28(36-40-6-2)22-11-15-25(16-12-22)41-26-17-13-24(14-18-26)30(31,32)33/h1,7-18,20H,6,19H2,2-4H3. The normalized spacial score (nSPS) is 12.1. The van der Waals surface area contributed by atoms with Gasteiger partial charge in [-0.05, 0) is 68.4 Å². The third-order valence-electron chi connectivity index (χ3n) is 5.45. The van der Waals surface area contributed by atoms with Crippen LogP contribution in [0.15, 0.2) is 88.2 Å². The molecule has 0 fully saturated rings. The van der Waals surface area contributed by atoms with Crippen LogP contribution in [0, 0.1) is 12.3 Å². The number of amides is 1. The summed E-state index contributed by atoms with van der Waals surface area (Å²) in [6, 6.07) is 18.1. The molecule has 0 radical (unpaired) electrons. The van der Waals surface area contributed by atoms with Gasteiger partial charge in [0.15, 0.2) is 0 Å². The smallest absolute Gasteiger partial charge is 0.416 e. The Kier molecular flexibility index (Phi) is 10.6. The number of halogens is 3. The summed E-state index contributed by atoms with van der Waals surface area (Å²) in [5.74, 6) is 3.11. The number of hydrogen-bond donors (Lipinski definition) is 0. The lowest BCUT2D eigenvalue weighted by Crippen LogP contribution is -2.31. The van der Waals surface area contributed by atoms with Crippen molar-refractivity contribution in [3.05, 3.63) is 89.5 Å². The van der Waals surface area contributed by atoms with Gasteiger partial charge < -0.3 is 14.3 Å². The van der Waals surface area contributed by atoms with Crippen molar-refractivity contribution >= 4 is 29.4 Å². The number of hydrogen-bond acceptors (Lipinski definition) is 7. The summed E-state index contributed by atoms with van der Waals surface area (Å²) in [5.41, 5.74) is 1.80. The second-order valence-electron chi connectivity index (χ2n) is 8.26. The first-order chi connectivity index (χ1) is 19.7. The number of rotatable bonds is 10. The van der Waals surface area contributed by atoms with Gasteiger partial charge in [0.05, 0.1) is 36.8 Å². The average Bonchev–Trinajstić information content (AvgIpc) is 2.96. The number of nitrogens with zero attached hydrogens (tertiary/aromatic N) is 4. The van der Waals surface area contributed by atoms with Gasteiger partial charge in [-0.1, -0.05) is 29.3 Å². The molecule has 0 aliphatic heterocycles. The molecule has 3 rings (SSSR count). The summed E-state index contributed by atoms with van der Waals surface area (Å²) in [6.45, 7) is 3.81. The minimum absolute atomic E-state index is 0.00353. The quantitative estimate of drug-likeness (QED) is 0.152. The molecule has 212 valence electrons. The van der Waals surface area contributed by atoms with E-state index in [-0.39, 0.29) is 12.3 Å². The summed E-state index contributed by atoms with van der Waals surface area (Å²) < 4.78 is 48.9. The molecule has 0 N–H and O–H groups in total. The van der Waals surface area contributed by atoms with Crippen LogP contribution in [0.5, 0.6) is 11.5 Å². The largest absolute Gasteiger partial charge is 0.457 e. The number of oxime groups is 1. The van der Waals surface area contributed by atoms with E-state index >= 15 is 0 Å². The van der Waals surface area contributed by atoms with E-state index in [4.69, 9.17) is 20.7 Å². The summed E-state index contributed by atoms with van der Waals surface area (Å²) in [6.07, 6.45) is 1.86. The van der Waals surface area contributed by atoms with E-state index in [1.54, 1.807) is 62.4 Å². The van der Waals surface area contributed by atoms with Crippen LogP contribution in [-0.2, 0) is 15.8 Å². The Balaban J connectivity index is 1.81. The van der Waals surface area contributed by atoms with Crippen molar-refractivity contribution in [2.24, 2.45) is 15.4 Å². The van der Waals surface area contributed by atoms with Gasteiger partial charge in [-0.15, -0.1) is 6.42 Å². The molecule has 0 aromatic heterocycles. The summed E-state index contributed by atoms with van der Waals surface area (Å²) in [5, 5.41) is 12.6. The van der Waals surface area contributed by atoms with Gasteiger partial charge >= 0.3 is 12.3 Å². The maximum Gasteiger partial charge on any atom is 0.416 e. The molecule has 0 unspecified atom stereocenters. The topological polar surface area (TPSA) is 85.1 Å². The van der Waals surface area contributed by atoms with Crippen molar-refractivity contribution in [1.82, 2.24) is 0 Å². The highest BCUT2D eigenvalue weighted by molar-refractivity contribution is 6.47. The maximum atomic E-state index is 12.8. The number of anilines is 1. The van der Waals surface area contributed by atoms with Crippen molar-refractivity contribution < 1.29 is 32.3 Å². The predicted octanol–water partition coefficient (Wildman–Crippen LogP) is 6.94. The molecular weight excluding hydrogens is 537 g/mol. The highest BCUT2D eigenvalue weighted by Gasteiger charge is 2.30. The zero-order chi connectivity index (χ0) is 29.8. The third-order valence-corrected chi connectivity index (χ3v) is 5.45. The van der Waals surface area contributed by atoms with Crippen LogP contribution in [0.25, 0.3) is 0 Å². The van der Waals surface area contributed by atoms with Crippen LogP contribution in [0.4, 0.5) is 23.7 Å². The number of terminal acetylenes is 1. The molecule has 0 saturated carbocycles. The van der Waals surface area contributed by atoms with Crippen LogP contribution >= 0.6 is 0 Å². The molecule has 0 saturated heterocycles. The Hall–Kier alpha value is -5.11. The average molecular weight is 565 g/mol. The number of methoxy groups -OCH3 is 1. The fourth-order valence-corrected chi connectivity index (χ4v) is 3.50. The number of carbonyl (C=O) groups excluding carboxylic acids is 1. The van der Waals surface area contributed by atoms with E-state index < -0.39 is 17.8 Å². The van der Waals surface area contributed by atoms with Gasteiger partial charge in [-0.2, -0.15) is 23.4 Å². The molecule has 0 atom stereocenters. The molecule has 3 aromatic carbocycles. The van der Waals surface area contributed by atoms with Gasteiger partial charge in [0, 0.05) is 11.1 Å². The molecule has 41 heavy (non-hydrogen) atoms. The summed E-state index contributed by atoms with van der Waals surface area (Å²) in [7, 11) is 1.27. The molecule has 0 aliphatic carbocycles. The van der Waals surface area contributed by atoms with E-state index in [1.807, 2.05) is 0 Å².